The first-order valence-corrected chi connectivity index (χ1v) is 10.7. The van der Waals surface area contributed by atoms with Gasteiger partial charge in [0.1, 0.15) is 0 Å². The van der Waals surface area contributed by atoms with Gasteiger partial charge in [-0.1, -0.05) is 35.4 Å². The molecule has 148 valence electrons. The highest BCUT2D eigenvalue weighted by molar-refractivity contribution is 7.23. The Labute approximate surface area is 169 Å². The molecule has 0 spiro atoms. The summed E-state index contributed by atoms with van der Waals surface area (Å²) in [7, 11) is 0.0473. The molecule has 0 N–H and O–H groups in total. The normalized spacial score (nSPS) is 11.2. The summed E-state index contributed by atoms with van der Waals surface area (Å²) in [6.07, 6.45) is 1.43. The summed E-state index contributed by atoms with van der Waals surface area (Å²) in [5.41, 5.74) is 7.10. The third-order valence-corrected chi connectivity index (χ3v) is 5.72. The Morgan fingerprint density at radius 2 is 1.11 bits per heavy atom. The summed E-state index contributed by atoms with van der Waals surface area (Å²) in [6.45, 7) is 11.7. The van der Waals surface area contributed by atoms with Crippen LogP contribution in [0.2, 0.25) is 0 Å². The van der Waals surface area contributed by atoms with E-state index in [0.29, 0.717) is 30.1 Å². The third kappa shape index (κ3) is 4.83. The van der Waals surface area contributed by atoms with E-state index in [-0.39, 0.29) is 20.0 Å². The molecule has 0 radical (unpaired) electrons. The average Bonchev–Trinajstić information content (AvgIpc) is 2.56. The van der Waals surface area contributed by atoms with Gasteiger partial charge in [0.05, 0.1) is 5.92 Å². The number of ketones is 2. The Kier molecular flexibility index (Phi) is 7.43. The first kappa shape index (κ1) is 22.2. The smallest absolute Gasteiger partial charge is 0.174 e. The topological polar surface area (TPSA) is 51.2 Å². The number of hydrogen-bond acceptors (Lipinski definition) is 3. The van der Waals surface area contributed by atoms with Crippen LogP contribution in [-0.2, 0) is 4.57 Å². The fourth-order valence-corrected chi connectivity index (χ4v) is 4.54. The van der Waals surface area contributed by atoms with E-state index in [2.05, 4.69) is 0 Å². The molecule has 3 nitrogen and oxygen atoms in total. The summed E-state index contributed by atoms with van der Waals surface area (Å²) in [4.78, 5) is 27.0. The van der Waals surface area contributed by atoms with Crippen molar-refractivity contribution >= 4 is 20.0 Å². The summed E-state index contributed by atoms with van der Waals surface area (Å²) < 4.78 is 10.9. The zero-order chi connectivity index (χ0) is 21.0. The molecule has 0 unspecified atom stereocenters. The monoisotopic (exact) mass is 396 g/mol. The lowest BCUT2D eigenvalue weighted by atomic mass is 9.81. The zero-order valence-corrected chi connectivity index (χ0v) is 18.6. The first-order valence-electron chi connectivity index (χ1n) is 9.70. The highest BCUT2D eigenvalue weighted by Gasteiger charge is 2.31. The molecule has 0 heterocycles. The molecule has 0 fully saturated rings. The van der Waals surface area contributed by atoms with Gasteiger partial charge in [-0.25, -0.2) is 0 Å². The molecule has 0 atom stereocenters. The van der Waals surface area contributed by atoms with Gasteiger partial charge in [0, 0.05) is 17.3 Å². The van der Waals surface area contributed by atoms with Crippen LogP contribution < -0.4 is 0 Å². The third-order valence-electron chi connectivity index (χ3n) is 5.22. The van der Waals surface area contributed by atoms with Crippen molar-refractivity contribution in [2.24, 2.45) is 5.92 Å². The molecule has 0 aromatic heterocycles. The van der Waals surface area contributed by atoms with Gasteiger partial charge in [-0.15, -0.1) is 0 Å². The highest BCUT2D eigenvalue weighted by atomic mass is 31.1. The van der Waals surface area contributed by atoms with Crippen LogP contribution >= 0.6 is 8.46 Å². The Hall–Kier alpha value is -2.12. The molecular weight excluding hydrogens is 367 g/mol. The second-order valence-electron chi connectivity index (χ2n) is 7.82. The van der Waals surface area contributed by atoms with Crippen molar-refractivity contribution in [1.29, 1.82) is 0 Å². The van der Waals surface area contributed by atoms with Crippen molar-refractivity contribution in [3.8, 4) is 0 Å². The molecular formula is C24H29O3P. The predicted molar refractivity (Wildman–Crippen MR) is 115 cm³/mol. The number of hydrogen-bond donors (Lipinski definition) is 0. The molecule has 0 aliphatic rings. The number of carbonyl (C=O) groups is 2. The molecule has 2 rings (SSSR count). The summed E-state index contributed by atoms with van der Waals surface area (Å²) in [5, 5.41) is 0. The maximum absolute atomic E-state index is 13.5. The second kappa shape index (κ2) is 9.39. The maximum atomic E-state index is 13.5. The Morgan fingerprint density at radius 1 is 0.750 bits per heavy atom. The van der Waals surface area contributed by atoms with Gasteiger partial charge in [0.2, 0.25) is 0 Å². The minimum absolute atomic E-state index is 0.0473. The fraction of sp³-hybridized carbons (Fsp3) is 0.417. The van der Waals surface area contributed by atoms with E-state index in [4.69, 9.17) is 0 Å². The van der Waals surface area contributed by atoms with E-state index < -0.39 is 5.92 Å². The standard InChI is InChI=1S/C24H29O3P/c1-14-10-16(3)21(17(4)11-14)23(25)20(8-7-9-28-27)24(26)22-18(5)12-15(2)13-19(22)6/h10-13,20H,7-9H2,1-6H3. The van der Waals surface area contributed by atoms with Crippen LogP contribution in [0.15, 0.2) is 24.3 Å². The molecule has 0 saturated carbocycles. The molecule has 0 saturated heterocycles. The fourth-order valence-electron chi connectivity index (χ4n) is 4.23. The zero-order valence-electron chi connectivity index (χ0n) is 17.7. The lowest BCUT2D eigenvalue weighted by molar-refractivity contribution is 0.0797. The van der Waals surface area contributed by atoms with Crippen LogP contribution in [0.5, 0.6) is 0 Å². The summed E-state index contributed by atoms with van der Waals surface area (Å²) in [5.74, 6) is -0.995. The number of rotatable bonds is 8. The van der Waals surface area contributed by atoms with E-state index in [9.17, 15) is 14.2 Å². The van der Waals surface area contributed by atoms with Gasteiger partial charge in [0.25, 0.3) is 0 Å². The highest BCUT2D eigenvalue weighted by Crippen LogP contribution is 2.28. The van der Waals surface area contributed by atoms with Crippen LogP contribution in [0.3, 0.4) is 0 Å². The van der Waals surface area contributed by atoms with E-state index in [0.717, 1.165) is 33.4 Å². The van der Waals surface area contributed by atoms with Crippen molar-refractivity contribution in [3.63, 3.8) is 0 Å². The number of aryl methyl sites for hydroxylation is 6. The van der Waals surface area contributed by atoms with Crippen LogP contribution in [0.25, 0.3) is 0 Å². The molecule has 2 aromatic rings. The Bertz CT molecular complexity index is 812. The number of Topliss-reactive ketones (excluding diaryl/α,β-unsaturated/α-hetero) is 2. The van der Waals surface area contributed by atoms with Gasteiger partial charge < -0.3 is 0 Å². The van der Waals surface area contributed by atoms with Gasteiger partial charge in [-0.05, 0) is 76.6 Å². The molecule has 4 heteroatoms. The number of carbonyl (C=O) groups excluding carboxylic acids is 2. The largest absolute Gasteiger partial charge is 0.293 e. The second-order valence-corrected chi connectivity index (χ2v) is 8.53. The van der Waals surface area contributed by atoms with Gasteiger partial charge in [-0.3, -0.25) is 14.2 Å². The van der Waals surface area contributed by atoms with Gasteiger partial charge >= 0.3 is 0 Å². The lowest BCUT2D eigenvalue weighted by Gasteiger charge is -2.20. The van der Waals surface area contributed by atoms with Crippen LogP contribution in [0.1, 0.15) is 66.9 Å². The van der Waals surface area contributed by atoms with Crippen LogP contribution in [0.4, 0.5) is 0 Å². The molecule has 2 aromatic carbocycles. The van der Waals surface area contributed by atoms with E-state index in [1.165, 1.54) is 0 Å². The summed E-state index contributed by atoms with van der Waals surface area (Å²) >= 11 is 0. The van der Waals surface area contributed by atoms with Crippen LogP contribution in [-0.4, -0.2) is 17.7 Å². The van der Waals surface area contributed by atoms with Crippen LogP contribution in [0, 0.1) is 47.5 Å². The SMILES string of the molecule is Cc1cc(C)c(C(=O)C(CCCP=O)C(=O)c2c(C)cc(C)cc2C)c(C)c1. The minimum Gasteiger partial charge on any atom is -0.293 e. The average molecular weight is 396 g/mol. The Morgan fingerprint density at radius 3 is 1.43 bits per heavy atom. The van der Waals surface area contributed by atoms with Crippen molar-refractivity contribution in [2.45, 2.75) is 54.4 Å². The molecule has 0 amide bonds. The van der Waals surface area contributed by atoms with Crippen molar-refractivity contribution in [2.75, 3.05) is 6.16 Å². The predicted octanol–water partition coefficient (Wildman–Crippen LogP) is 6.29. The number of benzene rings is 2. The molecule has 0 bridgehead atoms. The van der Waals surface area contributed by atoms with E-state index in [1.54, 1.807) is 0 Å². The summed E-state index contributed by atoms with van der Waals surface area (Å²) in [6, 6.07) is 7.95. The van der Waals surface area contributed by atoms with Crippen molar-refractivity contribution < 1.29 is 14.2 Å². The molecule has 28 heavy (non-hydrogen) atoms. The first-order chi connectivity index (χ1) is 13.2. The van der Waals surface area contributed by atoms with Crippen molar-refractivity contribution in [3.05, 3.63) is 68.8 Å². The van der Waals surface area contributed by atoms with Crippen molar-refractivity contribution in [1.82, 2.24) is 0 Å². The Balaban J connectivity index is 2.52. The maximum Gasteiger partial charge on any atom is 0.174 e. The van der Waals surface area contributed by atoms with Gasteiger partial charge in [0.15, 0.2) is 20.0 Å². The van der Waals surface area contributed by atoms with E-state index >= 15 is 0 Å². The van der Waals surface area contributed by atoms with E-state index in [1.807, 2.05) is 65.8 Å². The molecule has 0 aliphatic carbocycles. The quantitative estimate of drug-likeness (QED) is 0.228. The van der Waals surface area contributed by atoms with Gasteiger partial charge in [-0.2, -0.15) is 0 Å². The minimum atomic E-state index is -0.748. The molecule has 0 aliphatic heterocycles. The lowest BCUT2D eigenvalue weighted by Crippen LogP contribution is -2.27.